The maximum Gasteiger partial charge on any atom is 0.263 e. The second-order valence-electron chi connectivity index (χ2n) is 4.99. The third kappa shape index (κ3) is 3.22. The number of aromatic hydroxyl groups is 4. The number of fused-ring (bicyclic) bond motifs is 1. The number of aromatic nitrogens is 1. The molecule has 2 aliphatic rings. The molecule has 1 aromatic rings. The molecule has 0 fully saturated rings. The van der Waals surface area contributed by atoms with Gasteiger partial charge in [-0.2, -0.15) is 0 Å². The first-order valence-corrected chi connectivity index (χ1v) is 9.12. The largest absolute Gasteiger partial charge is 0.504 e. The molecule has 6 nitrogen and oxygen atoms in total. The van der Waals surface area contributed by atoms with E-state index in [1.807, 2.05) is 0 Å². The van der Waals surface area contributed by atoms with Gasteiger partial charge in [0.2, 0.25) is 0 Å². The summed E-state index contributed by atoms with van der Waals surface area (Å²) < 4.78 is 0.853. The Morgan fingerprint density at radius 3 is 2.40 bits per heavy atom. The third-order valence-electron chi connectivity index (χ3n) is 3.35. The number of phenolic OH excluding ortho intramolecular Hbond substituents is 4. The number of hydrogen-bond acceptors (Lipinski definition) is 7. The molecule has 1 aliphatic carbocycles. The number of hydrogen-bond donors (Lipinski definition) is 4. The molecule has 4 N–H and O–H groups in total. The van der Waals surface area contributed by atoms with Crippen LogP contribution in [0.4, 0.5) is 0 Å². The van der Waals surface area contributed by atoms with E-state index in [4.69, 9.17) is 0 Å². The minimum Gasteiger partial charge on any atom is -0.504 e. The van der Waals surface area contributed by atoms with Gasteiger partial charge >= 0.3 is 0 Å². The number of rotatable bonds is 2. The van der Waals surface area contributed by atoms with Crippen LogP contribution < -0.4 is 5.43 Å². The highest BCUT2D eigenvalue weighted by Gasteiger charge is 2.16. The third-order valence-corrected chi connectivity index (χ3v) is 6.59. The minimum absolute atomic E-state index is 0.275. The van der Waals surface area contributed by atoms with E-state index in [0.717, 1.165) is 11.3 Å². The Morgan fingerprint density at radius 1 is 0.960 bits per heavy atom. The van der Waals surface area contributed by atoms with Gasteiger partial charge in [0.25, 0.3) is 5.43 Å². The van der Waals surface area contributed by atoms with Crippen molar-refractivity contribution in [3.05, 3.63) is 48.1 Å². The van der Waals surface area contributed by atoms with Gasteiger partial charge in [-0.25, -0.2) is 4.98 Å². The van der Waals surface area contributed by atoms with Crippen molar-refractivity contribution in [3.63, 3.8) is 0 Å². The van der Waals surface area contributed by atoms with Crippen LogP contribution in [0.25, 0.3) is 22.6 Å². The lowest BCUT2D eigenvalue weighted by atomic mass is 10.1. The van der Waals surface area contributed by atoms with Crippen LogP contribution in [-0.2, 0) is 0 Å². The summed E-state index contributed by atoms with van der Waals surface area (Å²) in [4.78, 5) is 16.1. The molecule has 1 heterocycles. The average molecular weight is 487 g/mol. The summed E-state index contributed by atoms with van der Waals surface area (Å²) in [6, 6.07) is 2.62. The van der Waals surface area contributed by atoms with Gasteiger partial charge in [-0.3, -0.25) is 4.79 Å². The monoisotopic (exact) mass is 485 g/mol. The summed E-state index contributed by atoms with van der Waals surface area (Å²) in [5.41, 5.74) is 0.193. The fourth-order valence-corrected chi connectivity index (χ4v) is 3.82. The molecule has 0 radical (unpaired) electrons. The van der Waals surface area contributed by atoms with Crippen LogP contribution in [-0.4, -0.2) is 25.4 Å². The molecule has 1 aromatic carbocycles. The number of phenols is 4. The van der Waals surface area contributed by atoms with E-state index >= 15 is 0 Å². The predicted octanol–water partition coefficient (Wildman–Crippen LogP) is 4.13. The van der Waals surface area contributed by atoms with Gasteiger partial charge in [-0.1, -0.05) is 6.08 Å². The van der Waals surface area contributed by atoms with Crippen molar-refractivity contribution < 1.29 is 20.4 Å². The second kappa shape index (κ2) is 6.66. The van der Waals surface area contributed by atoms with Gasteiger partial charge in [0.1, 0.15) is 5.01 Å². The van der Waals surface area contributed by atoms with Crippen LogP contribution in [0.3, 0.4) is 0 Å². The van der Waals surface area contributed by atoms with Gasteiger partial charge in [-0.15, -0.1) is 11.3 Å². The van der Waals surface area contributed by atoms with Crippen molar-refractivity contribution in [1.82, 2.24) is 4.98 Å². The zero-order valence-corrected chi connectivity index (χ0v) is 16.2. The van der Waals surface area contributed by atoms with Crippen molar-refractivity contribution in [3.8, 4) is 33.4 Å². The topological polar surface area (TPSA) is 111 Å². The molecule has 9 heteroatoms. The normalized spacial score (nSPS) is 11.4. The van der Waals surface area contributed by atoms with Gasteiger partial charge in [0.05, 0.1) is 9.35 Å². The van der Waals surface area contributed by atoms with Crippen LogP contribution in [0.2, 0.25) is 0 Å². The molecule has 128 valence electrons. The molecular weight excluding hydrogens is 478 g/mol. The zero-order valence-electron chi connectivity index (χ0n) is 12.2. The van der Waals surface area contributed by atoms with Crippen LogP contribution >= 0.6 is 43.2 Å². The van der Waals surface area contributed by atoms with Crippen molar-refractivity contribution >= 4 is 55.3 Å². The van der Waals surface area contributed by atoms with E-state index in [9.17, 15) is 25.2 Å². The smallest absolute Gasteiger partial charge is 0.263 e. The molecule has 0 spiro atoms. The van der Waals surface area contributed by atoms with E-state index in [2.05, 4.69) is 36.8 Å². The highest BCUT2D eigenvalue weighted by molar-refractivity contribution is 9.13. The van der Waals surface area contributed by atoms with Crippen molar-refractivity contribution in [1.29, 1.82) is 0 Å². The Bertz CT molecular complexity index is 1050. The Balaban J connectivity index is 2.06. The zero-order chi connectivity index (χ0) is 18.3. The summed E-state index contributed by atoms with van der Waals surface area (Å²) in [6.45, 7) is 0. The highest BCUT2D eigenvalue weighted by atomic mass is 79.9. The second-order valence-corrected chi connectivity index (χ2v) is 7.60. The Morgan fingerprint density at radius 2 is 1.68 bits per heavy atom. The van der Waals surface area contributed by atoms with Gasteiger partial charge in [0, 0.05) is 16.2 Å². The highest BCUT2D eigenvalue weighted by Crippen LogP contribution is 2.42. The lowest BCUT2D eigenvalue weighted by Crippen LogP contribution is -2.01. The van der Waals surface area contributed by atoms with Crippen LogP contribution in [0.5, 0.6) is 23.0 Å². The summed E-state index contributed by atoms with van der Waals surface area (Å²) >= 11 is 7.56. The summed E-state index contributed by atoms with van der Waals surface area (Å²) in [7, 11) is 0. The fourth-order valence-electron chi connectivity index (χ4n) is 2.09. The molecule has 3 rings (SSSR count). The van der Waals surface area contributed by atoms with Crippen molar-refractivity contribution in [2.75, 3.05) is 0 Å². The first-order valence-electron chi connectivity index (χ1n) is 6.72. The maximum absolute atomic E-state index is 11.6. The summed E-state index contributed by atoms with van der Waals surface area (Å²) in [5, 5.41) is 39.2. The number of nitrogens with zero attached hydrogens (tertiary/aromatic N) is 1. The molecule has 25 heavy (non-hydrogen) atoms. The standard InChI is InChI=1S/C16H9Br2NO5S/c17-11-6(3-8(20)13(22)12(11)18)1-2-10-19-5-7-4-9(21)14(23)15(24)16(7)25-10/h1-5,20-22,24H/b2-1+. The SMILES string of the molecule is O=c1c(O)cc2cnc(/C=C/c3cc(O)c(O)c(Br)c3Br)sc-2c1O. The minimum atomic E-state index is -0.833. The molecule has 1 aliphatic heterocycles. The lowest BCUT2D eigenvalue weighted by Gasteiger charge is -2.08. The van der Waals surface area contributed by atoms with E-state index in [0.29, 0.717) is 30.0 Å². The Labute approximate surface area is 162 Å². The summed E-state index contributed by atoms with van der Waals surface area (Å²) in [6.07, 6.45) is 4.71. The Kier molecular flexibility index (Phi) is 4.72. The lowest BCUT2D eigenvalue weighted by molar-refractivity contribution is 0.401. The molecule has 0 amide bonds. The van der Waals surface area contributed by atoms with Crippen LogP contribution in [0.15, 0.2) is 32.1 Å². The molecule has 0 unspecified atom stereocenters. The van der Waals surface area contributed by atoms with Crippen LogP contribution in [0.1, 0.15) is 10.6 Å². The maximum atomic E-state index is 11.6. The van der Waals surface area contributed by atoms with Crippen molar-refractivity contribution in [2.45, 2.75) is 0 Å². The van der Waals surface area contributed by atoms with E-state index in [-0.39, 0.29) is 11.5 Å². The van der Waals surface area contributed by atoms with E-state index in [1.165, 1.54) is 18.3 Å². The molecular formula is C16H9Br2NO5S. The molecule has 0 saturated heterocycles. The molecule has 0 atom stereocenters. The van der Waals surface area contributed by atoms with E-state index < -0.39 is 16.9 Å². The van der Waals surface area contributed by atoms with Gasteiger partial charge in [0.15, 0.2) is 23.0 Å². The molecule has 0 bridgehead atoms. The predicted molar refractivity (Wildman–Crippen MR) is 102 cm³/mol. The fraction of sp³-hybridized carbons (Fsp3) is 0. The molecule has 0 aromatic heterocycles. The first kappa shape index (κ1) is 17.7. The number of halogens is 2. The summed E-state index contributed by atoms with van der Waals surface area (Å²) in [5.74, 6) is -1.61. The van der Waals surface area contributed by atoms with Crippen LogP contribution in [0, 0.1) is 0 Å². The molecule has 0 saturated carbocycles. The quantitative estimate of drug-likeness (QED) is 0.405. The average Bonchev–Trinajstić information content (AvgIpc) is 2.60. The van der Waals surface area contributed by atoms with Crippen molar-refractivity contribution in [2.24, 2.45) is 0 Å². The van der Waals surface area contributed by atoms with Gasteiger partial charge < -0.3 is 20.4 Å². The van der Waals surface area contributed by atoms with Gasteiger partial charge in [-0.05, 0) is 55.6 Å². The van der Waals surface area contributed by atoms with E-state index in [1.54, 1.807) is 12.2 Å². The first-order chi connectivity index (χ1) is 11.8. The Hall–Kier alpha value is -2.10. The number of benzene rings is 2.